The molecule has 0 bridgehead atoms. The number of benzene rings is 1. The number of aliphatic carboxylic acids is 1. The van der Waals surface area contributed by atoms with Crippen LogP contribution in [0.2, 0.25) is 0 Å². The Balaban J connectivity index is 1.80. The van der Waals surface area contributed by atoms with Crippen LogP contribution in [-0.4, -0.2) is 51.9 Å². The Morgan fingerprint density at radius 3 is 2.61 bits per heavy atom. The maximum atomic E-state index is 11.8. The molecule has 7 nitrogen and oxygen atoms in total. The Hall–Kier alpha value is -2.00. The molecule has 0 aromatic heterocycles. The number of thioether (sulfide) groups is 2. The molecule has 1 heterocycles. The number of carboxylic acid groups (broad SMARTS) is 1. The summed E-state index contributed by atoms with van der Waals surface area (Å²) in [5.41, 5.74) is 0.904. The monoisotopic (exact) mass is 353 g/mol. The van der Waals surface area contributed by atoms with Gasteiger partial charge in [0.2, 0.25) is 5.91 Å². The molecule has 0 saturated heterocycles. The molecule has 3 N–H and O–H groups in total. The Morgan fingerprint density at radius 1 is 1.26 bits per heavy atom. The fraction of sp³-hybridized carbons (Fsp3) is 0.286. The summed E-state index contributed by atoms with van der Waals surface area (Å²) in [6.07, 6.45) is 0. The van der Waals surface area contributed by atoms with Crippen molar-refractivity contribution in [1.82, 2.24) is 5.32 Å². The van der Waals surface area contributed by atoms with E-state index < -0.39 is 18.4 Å². The van der Waals surface area contributed by atoms with Gasteiger partial charge in [-0.2, -0.15) is 0 Å². The van der Waals surface area contributed by atoms with E-state index in [-0.39, 0.29) is 11.7 Å². The lowest BCUT2D eigenvalue weighted by atomic mass is 10.2. The van der Waals surface area contributed by atoms with E-state index >= 15 is 0 Å². The minimum Gasteiger partial charge on any atom is -0.480 e. The van der Waals surface area contributed by atoms with Crippen LogP contribution in [0, 0.1) is 0 Å². The molecule has 0 atom stereocenters. The van der Waals surface area contributed by atoms with Crippen LogP contribution in [0.15, 0.2) is 29.3 Å². The zero-order valence-electron chi connectivity index (χ0n) is 12.1. The maximum Gasteiger partial charge on any atom is 0.322 e. The molecule has 122 valence electrons. The molecular formula is C14H15N3O4S2. The molecule has 2 amide bonds. The van der Waals surface area contributed by atoms with Gasteiger partial charge < -0.3 is 15.7 Å². The fourth-order valence-electron chi connectivity index (χ4n) is 1.69. The Kier molecular flexibility index (Phi) is 6.48. The smallest absolute Gasteiger partial charge is 0.322 e. The number of amides is 2. The van der Waals surface area contributed by atoms with Crippen molar-refractivity contribution in [3.05, 3.63) is 29.8 Å². The molecule has 0 radical (unpaired) electrons. The molecule has 1 aliphatic heterocycles. The first kappa shape index (κ1) is 17.4. The lowest BCUT2D eigenvalue weighted by molar-refractivity contribution is -0.135. The van der Waals surface area contributed by atoms with Gasteiger partial charge in [-0.05, 0) is 24.3 Å². The third-order valence-electron chi connectivity index (χ3n) is 2.72. The number of carboxylic acids is 1. The number of anilines is 1. The number of carbonyl (C=O) groups is 3. The first-order chi connectivity index (χ1) is 11.0. The van der Waals surface area contributed by atoms with Crippen molar-refractivity contribution in [2.24, 2.45) is 4.99 Å². The lowest BCUT2D eigenvalue weighted by Crippen LogP contribution is -2.29. The number of nitrogens with zero attached hydrogens (tertiary/aromatic N) is 1. The lowest BCUT2D eigenvalue weighted by Gasteiger charge is -2.06. The number of rotatable bonds is 6. The molecule has 1 aliphatic rings. The molecule has 9 heteroatoms. The number of hydrogen-bond acceptors (Lipinski definition) is 6. The average molecular weight is 353 g/mol. The van der Waals surface area contributed by atoms with Crippen LogP contribution in [0.3, 0.4) is 0 Å². The Bertz CT molecular complexity index is 631. The van der Waals surface area contributed by atoms with Crippen molar-refractivity contribution in [3.63, 3.8) is 0 Å². The molecule has 0 spiro atoms. The summed E-state index contributed by atoms with van der Waals surface area (Å²) in [7, 11) is 0. The Morgan fingerprint density at radius 2 is 2.00 bits per heavy atom. The van der Waals surface area contributed by atoms with Crippen LogP contribution >= 0.6 is 23.5 Å². The van der Waals surface area contributed by atoms with Gasteiger partial charge in [0.25, 0.3) is 5.91 Å². The van der Waals surface area contributed by atoms with E-state index in [0.717, 1.165) is 16.7 Å². The topological polar surface area (TPSA) is 108 Å². The molecule has 1 aromatic rings. The summed E-state index contributed by atoms with van der Waals surface area (Å²) in [4.78, 5) is 38.1. The summed E-state index contributed by atoms with van der Waals surface area (Å²) in [6, 6.07) is 6.24. The molecule has 0 saturated carbocycles. The highest BCUT2D eigenvalue weighted by atomic mass is 32.2. The molecule has 2 rings (SSSR count). The van der Waals surface area contributed by atoms with E-state index in [1.165, 1.54) is 23.9 Å². The predicted octanol–water partition coefficient (Wildman–Crippen LogP) is 1.28. The summed E-state index contributed by atoms with van der Waals surface area (Å²) in [5.74, 6) is -0.475. The van der Waals surface area contributed by atoms with Gasteiger partial charge in [-0.1, -0.05) is 23.5 Å². The first-order valence-electron chi connectivity index (χ1n) is 6.74. The second-order valence-electron chi connectivity index (χ2n) is 4.49. The van der Waals surface area contributed by atoms with Gasteiger partial charge in [0, 0.05) is 17.0 Å². The second kappa shape index (κ2) is 8.59. The second-order valence-corrected chi connectivity index (χ2v) is 6.79. The van der Waals surface area contributed by atoms with E-state index in [1.807, 2.05) is 0 Å². The third kappa shape index (κ3) is 5.95. The highest BCUT2D eigenvalue weighted by molar-refractivity contribution is 8.39. The fourth-order valence-corrected chi connectivity index (χ4v) is 3.50. The van der Waals surface area contributed by atoms with Crippen LogP contribution in [0.25, 0.3) is 0 Å². The summed E-state index contributed by atoms with van der Waals surface area (Å²) in [5, 5.41) is 13.5. The summed E-state index contributed by atoms with van der Waals surface area (Å²) >= 11 is 3.06. The molecule has 0 unspecified atom stereocenters. The van der Waals surface area contributed by atoms with Crippen LogP contribution in [0.4, 0.5) is 5.69 Å². The zero-order chi connectivity index (χ0) is 16.7. The Labute approximate surface area is 141 Å². The van der Waals surface area contributed by atoms with Crippen molar-refractivity contribution in [3.8, 4) is 0 Å². The quantitative estimate of drug-likeness (QED) is 0.711. The van der Waals surface area contributed by atoms with E-state index in [4.69, 9.17) is 5.11 Å². The maximum absolute atomic E-state index is 11.8. The molecule has 23 heavy (non-hydrogen) atoms. The predicted molar refractivity (Wildman–Crippen MR) is 92.3 cm³/mol. The van der Waals surface area contributed by atoms with Crippen molar-refractivity contribution < 1.29 is 19.5 Å². The largest absolute Gasteiger partial charge is 0.480 e. The van der Waals surface area contributed by atoms with Gasteiger partial charge in [0.05, 0.1) is 12.3 Å². The van der Waals surface area contributed by atoms with E-state index in [9.17, 15) is 14.4 Å². The first-order valence-corrected chi connectivity index (χ1v) is 8.71. The number of aliphatic imine (C=N–C) groups is 1. The van der Waals surface area contributed by atoms with Crippen molar-refractivity contribution in [1.29, 1.82) is 0 Å². The summed E-state index contributed by atoms with van der Waals surface area (Å²) in [6.45, 7) is 0.371. The van der Waals surface area contributed by atoms with Crippen molar-refractivity contribution >= 4 is 51.4 Å². The van der Waals surface area contributed by atoms with Crippen LogP contribution in [-0.2, 0) is 9.59 Å². The van der Waals surface area contributed by atoms with Gasteiger partial charge in [0.15, 0.2) is 0 Å². The highest BCUT2D eigenvalue weighted by Gasteiger charge is 2.11. The van der Waals surface area contributed by atoms with Crippen molar-refractivity contribution in [2.75, 3.05) is 29.9 Å². The molecular weight excluding hydrogens is 338 g/mol. The number of nitrogens with one attached hydrogen (secondary N) is 2. The normalized spacial score (nSPS) is 13.3. The van der Waals surface area contributed by atoms with Gasteiger partial charge in [-0.3, -0.25) is 19.4 Å². The van der Waals surface area contributed by atoms with E-state index in [0.29, 0.717) is 11.3 Å². The average Bonchev–Trinajstić information content (AvgIpc) is 3.05. The van der Waals surface area contributed by atoms with E-state index in [1.54, 1.807) is 23.9 Å². The SMILES string of the molecule is O=C(O)CNC(=O)c1ccc(NC(=O)CSC2=NCCS2)cc1. The molecule has 0 fully saturated rings. The highest BCUT2D eigenvalue weighted by Crippen LogP contribution is 2.22. The number of carbonyl (C=O) groups excluding carboxylic acids is 2. The van der Waals surface area contributed by atoms with Crippen LogP contribution in [0.1, 0.15) is 10.4 Å². The standard InChI is InChI=1S/C14H15N3O4S2/c18-11(8-23-14-15-5-6-22-14)17-10-3-1-9(2-4-10)13(21)16-7-12(19)20/h1-4H,5-8H2,(H,16,21)(H,17,18)(H,19,20). The summed E-state index contributed by atoms with van der Waals surface area (Å²) < 4.78 is 0.936. The van der Waals surface area contributed by atoms with Crippen LogP contribution in [0.5, 0.6) is 0 Å². The van der Waals surface area contributed by atoms with Crippen LogP contribution < -0.4 is 10.6 Å². The van der Waals surface area contributed by atoms with Gasteiger partial charge in [0.1, 0.15) is 10.9 Å². The van der Waals surface area contributed by atoms with Gasteiger partial charge in [-0.15, -0.1) is 0 Å². The van der Waals surface area contributed by atoms with Gasteiger partial charge in [-0.25, -0.2) is 0 Å². The zero-order valence-corrected chi connectivity index (χ0v) is 13.7. The minimum absolute atomic E-state index is 0.145. The van der Waals surface area contributed by atoms with E-state index in [2.05, 4.69) is 15.6 Å². The van der Waals surface area contributed by atoms with Crippen molar-refractivity contribution in [2.45, 2.75) is 0 Å². The third-order valence-corrected chi connectivity index (χ3v) is 4.97. The number of hydrogen-bond donors (Lipinski definition) is 3. The molecule has 0 aliphatic carbocycles. The van der Waals surface area contributed by atoms with Gasteiger partial charge >= 0.3 is 5.97 Å². The molecule has 1 aromatic carbocycles. The minimum atomic E-state index is -1.11.